The molecule has 1 N–H and O–H groups in total. The second kappa shape index (κ2) is 2.69. The van der Waals surface area contributed by atoms with Gasteiger partial charge in [0.2, 0.25) is 0 Å². The van der Waals surface area contributed by atoms with Gasteiger partial charge < -0.3 is 9.90 Å². The lowest BCUT2D eigenvalue weighted by molar-refractivity contribution is -0.145. The molecule has 2 aliphatic carbocycles. The molecule has 0 aromatic carbocycles. The summed E-state index contributed by atoms with van der Waals surface area (Å²) in [6.45, 7) is 1.99. The molecule has 1 fully saturated rings. The van der Waals surface area contributed by atoms with Gasteiger partial charge in [0.05, 0.1) is 5.92 Å². The summed E-state index contributed by atoms with van der Waals surface area (Å²) in [5, 5.41) is 8.93. The fourth-order valence-corrected chi connectivity index (χ4v) is 2.78. The molecule has 1 saturated carbocycles. The maximum atomic E-state index is 10.9. The predicted molar refractivity (Wildman–Crippen MR) is 46.0 cm³/mol. The number of carboxylic acid groups (broad SMARTS) is 1. The largest absolute Gasteiger partial charge is 0.481 e. The first-order chi connectivity index (χ1) is 6.15. The van der Waals surface area contributed by atoms with Crippen LogP contribution in [0, 0.1) is 23.7 Å². The van der Waals surface area contributed by atoms with E-state index in [2.05, 4.69) is 0 Å². The van der Waals surface area contributed by atoms with Crippen molar-refractivity contribution in [2.75, 3.05) is 0 Å². The molecule has 0 saturated heterocycles. The smallest absolute Gasteiger partial charge is 0.307 e. The minimum atomic E-state index is -0.826. The fraction of sp³-hybridized carbons (Fsp3) is 0.600. The summed E-state index contributed by atoms with van der Waals surface area (Å²) in [5.41, 5.74) is 1.19. The van der Waals surface area contributed by atoms with Crippen LogP contribution in [-0.4, -0.2) is 17.4 Å². The van der Waals surface area contributed by atoms with E-state index in [1.165, 1.54) is 5.57 Å². The summed E-state index contributed by atoms with van der Waals surface area (Å²) < 4.78 is 0. The number of hydrogen-bond donors (Lipinski definition) is 1. The molecule has 2 aliphatic rings. The monoisotopic (exact) mass is 180 g/mol. The molecule has 4 unspecified atom stereocenters. The third-order valence-corrected chi connectivity index (χ3v) is 3.37. The van der Waals surface area contributed by atoms with Crippen molar-refractivity contribution in [2.24, 2.45) is 23.7 Å². The number of hydrogen-bond acceptors (Lipinski definition) is 2. The summed E-state index contributed by atoms with van der Waals surface area (Å²) in [4.78, 5) is 21.6. The fourth-order valence-electron chi connectivity index (χ4n) is 2.78. The second-order valence-corrected chi connectivity index (χ2v) is 3.99. The van der Waals surface area contributed by atoms with Crippen LogP contribution in [0.3, 0.4) is 0 Å². The molecule has 2 bridgehead atoms. The van der Waals surface area contributed by atoms with Gasteiger partial charge in [0, 0.05) is 5.92 Å². The van der Waals surface area contributed by atoms with Crippen LogP contribution in [0.25, 0.3) is 0 Å². The molecule has 70 valence electrons. The topological polar surface area (TPSA) is 54.4 Å². The van der Waals surface area contributed by atoms with Crippen molar-refractivity contribution in [1.82, 2.24) is 0 Å². The third kappa shape index (κ3) is 1.03. The average molecular weight is 180 g/mol. The van der Waals surface area contributed by atoms with Crippen molar-refractivity contribution in [3.63, 3.8) is 0 Å². The minimum Gasteiger partial charge on any atom is -0.481 e. The molecule has 0 aromatic rings. The van der Waals surface area contributed by atoms with Crippen LogP contribution < -0.4 is 0 Å². The van der Waals surface area contributed by atoms with Gasteiger partial charge in [0.15, 0.2) is 0 Å². The average Bonchev–Trinajstić information content (AvgIpc) is 2.58. The lowest BCUT2D eigenvalue weighted by Gasteiger charge is -2.22. The number of carbonyl (C=O) groups is 2. The van der Waals surface area contributed by atoms with Crippen molar-refractivity contribution >= 4 is 12.3 Å². The van der Waals surface area contributed by atoms with E-state index in [-0.39, 0.29) is 17.8 Å². The molecular weight excluding hydrogens is 168 g/mol. The van der Waals surface area contributed by atoms with Gasteiger partial charge in [-0.25, -0.2) is 0 Å². The highest BCUT2D eigenvalue weighted by Crippen LogP contribution is 2.50. The molecular formula is C10H12O3. The highest BCUT2D eigenvalue weighted by molar-refractivity contribution is 5.77. The summed E-state index contributed by atoms with van der Waals surface area (Å²) in [5.74, 6) is -1.28. The van der Waals surface area contributed by atoms with Crippen LogP contribution in [0.1, 0.15) is 13.3 Å². The number of allylic oxidation sites excluding steroid dienone is 2. The highest BCUT2D eigenvalue weighted by atomic mass is 16.4. The maximum absolute atomic E-state index is 10.9. The molecule has 3 heteroatoms. The van der Waals surface area contributed by atoms with Gasteiger partial charge in [-0.3, -0.25) is 4.79 Å². The van der Waals surface area contributed by atoms with Gasteiger partial charge in [0.25, 0.3) is 0 Å². The van der Waals surface area contributed by atoms with E-state index in [0.717, 1.165) is 12.7 Å². The van der Waals surface area contributed by atoms with E-state index in [1.807, 2.05) is 13.0 Å². The molecule has 0 radical (unpaired) electrons. The highest BCUT2D eigenvalue weighted by Gasteiger charge is 2.50. The van der Waals surface area contributed by atoms with E-state index in [9.17, 15) is 9.59 Å². The Morgan fingerprint density at radius 3 is 2.92 bits per heavy atom. The Labute approximate surface area is 76.4 Å². The standard InChI is InChI=1S/C10H12O3/c1-5-2-6-3-7(5)8(4-11)9(6)10(12)13/h2,4,6-9H,3H2,1H3,(H,12,13). The Balaban J connectivity index is 2.32. The first-order valence-electron chi connectivity index (χ1n) is 4.51. The molecule has 4 atom stereocenters. The van der Waals surface area contributed by atoms with Crippen molar-refractivity contribution in [2.45, 2.75) is 13.3 Å². The van der Waals surface area contributed by atoms with E-state index in [1.54, 1.807) is 0 Å². The van der Waals surface area contributed by atoms with Crippen LogP contribution in [0.4, 0.5) is 0 Å². The maximum Gasteiger partial charge on any atom is 0.307 e. The molecule has 3 nitrogen and oxygen atoms in total. The van der Waals surface area contributed by atoms with Crippen molar-refractivity contribution < 1.29 is 14.7 Å². The second-order valence-electron chi connectivity index (χ2n) is 3.99. The van der Waals surface area contributed by atoms with E-state index >= 15 is 0 Å². The number of aldehydes is 1. The van der Waals surface area contributed by atoms with Gasteiger partial charge in [-0.05, 0) is 25.2 Å². The lowest BCUT2D eigenvalue weighted by atomic mass is 9.81. The first kappa shape index (κ1) is 8.48. The molecule has 0 aliphatic heterocycles. The van der Waals surface area contributed by atoms with Gasteiger partial charge in [-0.1, -0.05) is 11.6 Å². The van der Waals surface area contributed by atoms with Crippen LogP contribution in [0.15, 0.2) is 11.6 Å². The number of rotatable bonds is 2. The predicted octanol–water partition coefficient (Wildman–Crippen LogP) is 1.10. The van der Waals surface area contributed by atoms with Gasteiger partial charge in [0.1, 0.15) is 6.29 Å². The Hall–Kier alpha value is -1.12. The first-order valence-corrected chi connectivity index (χ1v) is 4.51. The molecule has 0 spiro atoms. The van der Waals surface area contributed by atoms with E-state index < -0.39 is 11.9 Å². The van der Waals surface area contributed by atoms with Gasteiger partial charge in [-0.2, -0.15) is 0 Å². The Morgan fingerprint density at radius 2 is 2.38 bits per heavy atom. The van der Waals surface area contributed by atoms with Crippen molar-refractivity contribution in [3.8, 4) is 0 Å². The minimum absolute atomic E-state index is 0.0951. The van der Waals surface area contributed by atoms with Crippen LogP contribution in [0.2, 0.25) is 0 Å². The number of fused-ring (bicyclic) bond motifs is 2. The van der Waals surface area contributed by atoms with E-state index in [0.29, 0.717) is 0 Å². The van der Waals surface area contributed by atoms with Gasteiger partial charge >= 0.3 is 5.97 Å². The number of aliphatic carboxylic acids is 1. The molecule has 13 heavy (non-hydrogen) atoms. The summed E-state index contributed by atoms with van der Waals surface area (Å²) in [7, 11) is 0. The van der Waals surface area contributed by atoms with Crippen molar-refractivity contribution in [1.29, 1.82) is 0 Å². The lowest BCUT2D eigenvalue weighted by Crippen LogP contribution is -2.29. The van der Waals surface area contributed by atoms with Crippen LogP contribution in [0.5, 0.6) is 0 Å². The van der Waals surface area contributed by atoms with Crippen LogP contribution >= 0.6 is 0 Å². The Bertz CT molecular complexity index is 293. The molecule has 2 rings (SSSR count). The van der Waals surface area contributed by atoms with Gasteiger partial charge in [-0.15, -0.1) is 0 Å². The Morgan fingerprint density at radius 1 is 1.69 bits per heavy atom. The molecule has 0 amide bonds. The zero-order valence-electron chi connectivity index (χ0n) is 7.43. The van der Waals surface area contributed by atoms with E-state index in [4.69, 9.17) is 5.11 Å². The summed E-state index contributed by atoms with van der Waals surface area (Å²) >= 11 is 0. The summed E-state index contributed by atoms with van der Waals surface area (Å²) in [6.07, 6.45) is 3.69. The molecule has 0 heterocycles. The number of carbonyl (C=O) groups excluding carboxylic acids is 1. The Kier molecular flexibility index (Phi) is 1.75. The zero-order valence-corrected chi connectivity index (χ0v) is 7.43. The molecule has 0 aromatic heterocycles. The van der Waals surface area contributed by atoms with Crippen molar-refractivity contribution in [3.05, 3.63) is 11.6 Å². The summed E-state index contributed by atoms with van der Waals surface area (Å²) in [6, 6.07) is 0. The third-order valence-electron chi connectivity index (χ3n) is 3.37. The zero-order chi connectivity index (χ0) is 9.59. The SMILES string of the molecule is CC1=CC2CC1C(C=O)C2C(=O)O. The quantitative estimate of drug-likeness (QED) is 0.511. The van der Waals surface area contributed by atoms with Crippen LogP contribution in [-0.2, 0) is 9.59 Å². The number of carboxylic acids is 1. The normalized spacial score (nSPS) is 41.8.